The van der Waals surface area contributed by atoms with Crippen LogP contribution >= 0.6 is 11.8 Å². The first-order valence-corrected chi connectivity index (χ1v) is 9.18. The zero-order valence-electron chi connectivity index (χ0n) is 15.0. The van der Waals surface area contributed by atoms with Crippen LogP contribution in [0.5, 0.6) is 11.5 Å². The molecule has 8 heteroatoms. The quantitative estimate of drug-likeness (QED) is 0.689. The number of hydrogen-bond acceptors (Lipinski definition) is 6. The van der Waals surface area contributed by atoms with Gasteiger partial charge in [0, 0.05) is 19.0 Å². The van der Waals surface area contributed by atoms with Crippen LogP contribution in [0.1, 0.15) is 26.1 Å². The van der Waals surface area contributed by atoms with Crippen molar-refractivity contribution in [3.63, 3.8) is 0 Å². The Bertz CT molecular complexity index is 718. The molecule has 2 rings (SSSR count). The molecule has 0 unspecified atom stereocenters. The van der Waals surface area contributed by atoms with Gasteiger partial charge in [-0.05, 0) is 25.5 Å². The fourth-order valence-corrected chi connectivity index (χ4v) is 3.20. The van der Waals surface area contributed by atoms with Crippen LogP contribution in [0.3, 0.4) is 0 Å². The van der Waals surface area contributed by atoms with Crippen molar-refractivity contribution in [1.82, 2.24) is 14.8 Å². The molecule has 0 bridgehead atoms. The smallest absolute Gasteiger partial charge is 0.234 e. The molecule has 0 fully saturated rings. The fraction of sp³-hybridized carbons (Fsp3) is 0.471. The summed E-state index contributed by atoms with van der Waals surface area (Å²) in [6.07, 6.45) is 1.90. The van der Waals surface area contributed by atoms with Gasteiger partial charge in [0.15, 0.2) is 5.16 Å². The fourth-order valence-electron chi connectivity index (χ4n) is 2.38. The van der Waals surface area contributed by atoms with E-state index in [1.807, 2.05) is 11.5 Å². The molecule has 136 valence electrons. The van der Waals surface area contributed by atoms with E-state index in [-0.39, 0.29) is 11.7 Å². The van der Waals surface area contributed by atoms with Crippen LogP contribution in [0.25, 0.3) is 0 Å². The molecule has 1 aromatic carbocycles. The number of ether oxygens (including phenoxy) is 2. The number of nitrogens with one attached hydrogen (secondary N) is 1. The maximum Gasteiger partial charge on any atom is 0.234 e. The number of carbonyl (C=O) groups excluding carboxylic acids is 1. The largest absolute Gasteiger partial charge is 0.497 e. The Kier molecular flexibility index (Phi) is 7.12. The third-order valence-electron chi connectivity index (χ3n) is 3.60. The van der Waals surface area contributed by atoms with Crippen molar-refractivity contribution in [2.45, 2.75) is 38.4 Å². The van der Waals surface area contributed by atoms with Gasteiger partial charge in [0.25, 0.3) is 0 Å². The third-order valence-corrected chi connectivity index (χ3v) is 4.56. The van der Waals surface area contributed by atoms with Gasteiger partial charge >= 0.3 is 0 Å². The molecule has 2 aromatic rings. The van der Waals surface area contributed by atoms with Gasteiger partial charge in [0.2, 0.25) is 5.91 Å². The monoisotopic (exact) mass is 364 g/mol. The average Bonchev–Trinajstić information content (AvgIpc) is 3.02. The second-order valence-electron chi connectivity index (χ2n) is 5.30. The first-order valence-electron chi connectivity index (χ1n) is 8.19. The van der Waals surface area contributed by atoms with Gasteiger partial charge in [-0.25, -0.2) is 0 Å². The number of methoxy groups -OCH3 is 2. The van der Waals surface area contributed by atoms with Gasteiger partial charge in [-0.2, -0.15) is 0 Å². The Balaban J connectivity index is 2.02. The molecule has 1 heterocycles. The molecular weight excluding hydrogens is 340 g/mol. The van der Waals surface area contributed by atoms with Gasteiger partial charge in [-0.15, -0.1) is 10.2 Å². The molecule has 0 spiro atoms. The molecule has 0 atom stereocenters. The molecule has 0 saturated heterocycles. The van der Waals surface area contributed by atoms with Crippen LogP contribution in [-0.2, 0) is 17.8 Å². The van der Waals surface area contributed by atoms with Gasteiger partial charge in [0.1, 0.15) is 17.3 Å². The number of benzene rings is 1. The molecule has 1 aromatic heterocycles. The number of amides is 1. The van der Waals surface area contributed by atoms with Gasteiger partial charge in [0.05, 0.1) is 25.7 Å². The van der Waals surface area contributed by atoms with E-state index < -0.39 is 0 Å². The molecular formula is C17H24N4O3S. The number of aromatic nitrogens is 3. The SMILES string of the molecule is CCCc1nnc(SCC(=O)Nc2cc(OC)ccc2OC)n1CC. The molecule has 0 aliphatic carbocycles. The lowest BCUT2D eigenvalue weighted by Gasteiger charge is -2.11. The highest BCUT2D eigenvalue weighted by molar-refractivity contribution is 7.99. The van der Waals surface area contributed by atoms with Crippen molar-refractivity contribution < 1.29 is 14.3 Å². The Morgan fingerprint density at radius 3 is 2.68 bits per heavy atom. The third kappa shape index (κ3) is 4.88. The maximum atomic E-state index is 12.3. The van der Waals surface area contributed by atoms with Crippen molar-refractivity contribution in [1.29, 1.82) is 0 Å². The Morgan fingerprint density at radius 1 is 1.24 bits per heavy atom. The van der Waals surface area contributed by atoms with Gasteiger partial charge < -0.3 is 19.4 Å². The lowest BCUT2D eigenvalue weighted by Crippen LogP contribution is -2.15. The first kappa shape index (κ1) is 19.1. The minimum Gasteiger partial charge on any atom is -0.497 e. The van der Waals surface area contributed by atoms with E-state index in [0.717, 1.165) is 30.4 Å². The topological polar surface area (TPSA) is 78.3 Å². The summed E-state index contributed by atoms with van der Waals surface area (Å²) in [5.74, 6) is 2.30. The number of aryl methyl sites for hydroxylation is 1. The van der Waals surface area contributed by atoms with E-state index in [1.165, 1.54) is 11.8 Å². The van der Waals surface area contributed by atoms with Gasteiger partial charge in [-0.1, -0.05) is 18.7 Å². The zero-order valence-corrected chi connectivity index (χ0v) is 15.9. The van der Waals surface area contributed by atoms with Crippen molar-refractivity contribution in [3.05, 3.63) is 24.0 Å². The maximum absolute atomic E-state index is 12.3. The summed E-state index contributed by atoms with van der Waals surface area (Å²) in [6.45, 7) is 4.94. The number of hydrogen-bond donors (Lipinski definition) is 1. The van der Waals surface area contributed by atoms with E-state index in [1.54, 1.807) is 32.4 Å². The standard InChI is InChI=1S/C17H24N4O3S/c1-5-7-15-19-20-17(21(15)6-2)25-11-16(22)18-13-10-12(23-3)8-9-14(13)24-4/h8-10H,5-7,11H2,1-4H3,(H,18,22). The first-order chi connectivity index (χ1) is 12.1. The van der Waals surface area contributed by atoms with E-state index in [2.05, 4.69) is 22.4 Å². The summed E-state index contributed by atoms with van der Waals surface area (Å²) in [6, 6.07) is 5.27. The van der Waals surface area contributed by atoms with Crippen LogP contribution in [-0.4, -0.2) is 40.6 Å². The van der Waals surface area contributed by atoms with Crippen molar-refractivity contribution in [2.75, 3.05) is 25.3 Å². The summed E-state index contributed by atoms with van der Waals surface area (Å²) < 4.78 is 12.5. The van der Waals surface area contributed by atoms with Crippen LogP contribution in [0, 0.1) is 0 Å². The molecule has 0 aliphatic rings. The zero-order chi connectivity index (χ0) is 18.2. The Hall–Kier alpha value is -2.22. The minimum absolute atomic E-state index is 0.140. The van der Waals surface area contributed by atoms with Crippen molar-refractivity contribution in [3.8, 4) is 11.5 Å². The molecule has 1 N–H and O–H groups in total. The summed E-state index contributed by atoms with van der Waals surface area (Å²) in [5.41, 5.74) is 0.580. The van der Waals surface area contributed by atoms with Crippen LogP contribution in [0.2, 0.25) is 0 Å². The van der Waals surface area contributed by atoms with Gasteiger partial charge in [-0.3, -0.25) is 4.79 Å². The lowest BCUT2D eigenvalue weighted by atomic mass is 10.2. The Labute approximate surface area is 152 Å². The number of carbonyl (C=O) groups is 1. The minimum atomic E-state index is -0.140. The summed E-state index contributed by atoms with van der Waals surface area (Å²) in [5, 5.41) is 12.0. The molecule has 0 aliphatic heterocycles. The molecule has 25 heavy (non-hydrogen) atoms. The number of anilines is 1. The number of thioether (sulfide) groups is 1. The predicted octanol–water partition coefficient (Wildman–Crippen LogP) is 3.00. The molecule has 0 saturated carbocycles. The number of rotatable bonds is 9. The van der Waals surface area contributed by atoms with E-state index in [0.29, 0.717) is 17.2 Å². The van der Waals surface area contributed by atoms with Crippen molar-refractivity contribution in [2.24, 2.45) is 0 Å². The summed E-state index contributed by atoms with van der Waals surface area (Å²) in [7, 11) is 3.14. The van der Waals surface area contributed by atoms with Crippen LogP contribution < -0.4 is 14.8 Å². The van der Waals surface area contributed by atoms with E-state index in [4.69, 9.17) is 9.47 Å². The molecule has 1 amide bonds. The molecule has 0 radical (unpaired) electrons. The van der Waals surface area contributed by atoms with E-state index in [9.17, 15) is 4.79 Å². The highest BCUT2D eigenvalue weighted by Gasteiger charge is 2.14. The highest BCUT2D eigenvalue weighted by Crippen LogP contribution is 2.29. The second-order valence-corrected chi connectivity index (χ2v) is 6.24. The Morgan fingerprint density at radius 2 is 2.04 bits per heavy atom. The highest BCUT2D eigenvalue weighted by atomic mass is 32.2. The normalized spacial score (nSPS) is 10.6. The van der Waals surface area contributed by atoms with E-state index >= 15 is 0 Å². The lowest BCUT2D eigenvalue weighted by molar-refractivity contribution is -0.113. The van der Waals surface area contributed by atoms with Crippen LogP contribution in [0.15, 0.2) is 23.4 Å². The summed E-state index contributed by atoms with van der Waals surface area (Å²) in [4.78, 5) is 12.3. The average molecular weight is 364 g/mol. The van der Waals surface area contributed by atoms with Crippen LogP contribution in [0.4, 0.5) is 5.69 Å². The predicted molar refractivity (Wildman–Crippen MR) is 98.6 cm³/mol. The van der Waals surface area contributed by atoms with Crippen molar-refractivity contribution >= 4 is 23.4 Å². The number of nitrogens with zero attached hydrogens (tertiary/aromatic N) is 3. The second kappa shape index (κ2) is 9.31. The molecule has 7 nitrogen and oxygen atoms in total. The summed E-state index contributed by atoms with van der Waals surface area (Å²) >= 11 is 1.37.